The fourth-order valence-corrected chi connectivity index (χ4v) is 3.02. The highest BCUT2D eigenvalue weighted by Gasteiger charge is 2.32. The number of carboxylic acids is 1. The van der Waals surface area contributed by atoms with Crippen LogP contribution in [0.15, 0.2) is 28.9 Å². The van der Waals surface area contributed by atoms with Gasteiger partial charge in [-0.3, -0.25) is 9.59 Å². The molecule has 1 aliphatic heterocycles. The van der Waals surface area contributed by atoms with E-state index in [1.807, 2.05) is 0 Å². The molecular weight excluding hydrogens is 282 g/mol. The summed E-state index contributed by atoms with van der Waals surface area (Å²) in [4.78, 5) is 23.8. The van der Waals surface area contributed by atoms with Gasteiger partial charge in [-0.1, -0.05) is 13.3 Å². The average Bonchev–Trinajstić information content (AvgIpc) is 3.19. The van der Waals surface area contributed by atoms with Crippen molar-refractivity contribution in [2.75, 3.05) is 0 Å². The second-order valence-electron chi connectivity index (χ2n) is 5.73. The molecule has 0 bridgehead atoms. The Balaban J connectivity index is 1.83. The fraction of sp³-hybridized carbons (Fsp3) is 0.412. The Morgan fingerprint density at radius 1 is 1.41 bits per heavy atom. The summed E-state index contributed by atoms with van der Waals surface area (Å²) in [7, 11) is 0. The molecule has 0 fully saturated rings. The number of rotatable bonds is 6. The Bertz CT molecular complexity index is 710. The first-order chi connectivity index (χ1) is 10.6. The fourth-order valence-electron chi connectivity index (χ4n) is 3.02. The number of carbonyl (C=O) groups excluding carboxylic acids is 1. The molecule has 0 radical (unpaired) electrons. The lowest BCUT2D eigenvalue weighted by molar-refractivity contribution is -0.138. The molecule has 0 spiro atoms. The van der Waals surface area contributed by atoms with Crippen LogP contribution in [-0.2, 0) is 17.8 Å². The minimum absolute atomic E-state index is 0.181. The van der Waals surface area contributed by atoms with Crippen LogP contribution in [0.2, 0.25) is 0 Å². The molecule has 22 heavy (non-hydrogen) atoms. The molecule has 1 N–H and O–H groups in total. The van der Waals surface area contributed by atoms with Gasteiger partial charge in [0.25, 0.3) is 0 Å². The van der Waals surface area contributed by atoms with E-state index in [4.69, 9.17) is 4.42 Å². The molecular formula is C17H19NO4. The molecule has 3 rings (SSSR count). The minimum Gasteiger partial charge on any atom is -0.481 e. The van der Waals surface area contributed by atoms with Crippen molar-refractivity contribution >= 4 is 11.8 Å². The maximum atomic E-state index is 12.6. The molecule has 0 aromatic carbocycles. The summed E-state index contributed by atoms with van der Waals surface area (Å²) in [6.45, 7) is 2.68. The zero-order chi connectivity index (χ0) is 15.7. The Morgan fingerprint density at radius 2 is 2.23 bits per heavy atom. The predicted molar refractivity (Wildman–Crippen MR) is 80.2 cm³/mol. The first-order valence-electron chi connectivity index (χ1n) is 7.66. The number of ketones is 1. The molecule has 0 amide bonds. The lowest BCUT2D eigenvalue weighted by Gasteiger charge is -2.03. The van der Waals surface area contributed by atoms with Crippen molar-refractivity contribution in [2.24, 2.45) is 0 Å². The molecule has 116 valence electrons. The quantitative estimate of drug-likeness (QED) is 0.831. The molecule has 0 saturated carbocycles. The number of carboxylic acid groups (broad SMARTS) is 1. The van der Waals surface area contributed by atoms with Crippen molar-refractivity contribution < 1.29 is 19.1 Å². The topological polar surface area (TPSA) is 72.4 Å². The molecule has 5 nitrogen and oxygen atoms in total. The van der Waals surface area contributed by atoms with Crippen LogP contribution in [-0.4, -0.2) is 21.4 Å². The van der Waals surface area contributed by atoms with Gasteiger partial charge in [0.2, 0.25) is 5.78 Å². The van der Waals surface area contributed by atoms with Gasteiger partial charge in [-0.25, -0.2) is 0 Å². The monoisotopic (exact) mass is 301 g/mol. The van der Waals surface area contributed by atoms with Gasteiger partial charge in [0.05, 0.1) is 17.9 Å². The molecule has 1 aliphatic rings. The number of nitrogens with zero attached hydrogens (tertiary/aromatic N) is 1. The highest BCUT2D eigenvalue weighted by molar-refractivity contribution is 6.06. The van der Waals surface area contributed by atoms with E-state index in [1.54, 1.807) is 29.0 Å². The smallest absolute Gasteiger partial charge is 0.312 e. The maximum Gasteiger partial charge on any atom is 0.312 e. The van der Waals surface area contributed by atoms with E-state index in [1.165, 1.54) is 0 Å². The third kappa shape index (κ3) is 2.47. The van der Waals surface area contributed by atoms with Gasteiger partial charge in [-0.2, -0.15) is 0 Å². The van der Waals surface area contributed by atoms with Crippen LogP contribution in [0, 0.1) is 0 Å². The highest BCUT2D eigenvalue weighted by atomic mass is 16.4. The summed E-state index contributed by atoms with van der Waals surface area (Å²) in [6.07, 6.45) is 5.23. The van der Waals surface area contributed by atoms with E-state index in [9.17, 15) is 14.7 Å². The molecule has 3 heterocycles. The number of aryl methyl sites for hydroxylation is 1. The van der Waals surface area contributed by atoms with Crippen LogP contribution < -0.4 is 0 Å². The predicted octanol–water partition coefficient (Wildman–Crippen LogP) is 3.23. The third-order valence-corrected chi connectivity index (χ3v) is 4.24. The van der Waals surface area contributed by atoms with Gasteiger partial charge < -0.3 is 14.1 Å². The minimum atomic E-state index is -0.837. The van der Waals surface area contributed by atoms with E-state index in [0.29, 0.717) is 30.1 Å². The molecule has 0 saturated heterocycles. The van der Waals surface area contributed by atoms with Crippen molar-refractivity contribution in [2.45, 2.75) is 45.1 Å². The molecule has 1 atom stereocenters. The number of aromatic nitrogens is 1. The zero-order valence-electron chi connectivity index (χ0n) is 12.5. The molecule has 5 heteroatoms. The SMILES string of the molecule is CCCCc1coc(C(=O)c2ccc3n2CCC3C(=O)O)c1. The Kier molecular flexibility index (Phi) is 3.88. The Morgan fingerprint density at radius 3 is 2.95 bits per heavy atom. The van der Waals surface area contributed by atoms with Crippen LogP contribution in [0.3, 0.4) is 0 Å². The molecule has 2 aromatic heterocycles. The van der Waals surface area contributed by atoms with Crippen LogP contribution in [0.1, 0.15) is 59.6 Å². The van der Waals surface area contributed by atoms with Crippen molar-refractivity contribution in [3.8, 4) is 0 Å². The summed E-state index contributed by atoms with van der Waals surface area (Å²) < 4.78 is 7.20. The number of unbranched alkanes of at least 4 members (excludes halogenated alkanes) is 1. The maximum absolute atomic E-state index is 12.6. The molecule has 0 aliphatic carbocycles. The van der Waals surface area contributed by atoms with Crippen LogP contribution >= 0.6 is 0 Å². The van der Waals surface area contributed by atoms with E-state index >= 15 is 0 Å². The standard InChI is InChI=1S/C17H19NO4/c1-2-3-4-11-9-15(22-10-11)16(19)14-6-5-13-12(17(20)21)7-8-18(13)14/h5-6,9-10,12H,2-4,7-8H2,1H3,(H,20,21). The Labute approximate surface area is 128 Å². The van der Waals surface area contributed by atoms with Gasteiger partial charge >= 0.3 is 5.97 Å². The summed E-state index contributed by atoms with van der Waals surface area (Å²) in [6, 6.07) is 5.22. The molecule has 2 aromatic rings. The lowest BCUT2D eigenvalue weighted by Crippen LogP contribution is -2.09. The Hall–Kier alpha value is -2.30. The number of aliphatic carboxylic acids is 1. The second kappa shape index (κ2) is 5.83. The van der Waals surface area contributed by atoms with Crippen LogP contribution in [0.5, 0.6) is 0 Å². The van der Waals surface area contributed by atoms with E-state index < -0.39 is 11.9 Å². The summed E-state index contributed by atoms with van der Waals surface area (Å²) in [5.74, 6) is -1.21. The number of hydrogen-bond donors (Lipinski definition) is 1. The number of fused-ring (bicyclic) bond motifs is 1. The van der Waals surface area contributed by atoms with Crippen LogP contribution in [0.4, 0.5) is 0 Å². The summed E-state index contributed by atoms with van der Waals surface area (Å²) in [5.41, 5.74) is 2.24. The zero-order valence-corrected chi connectivity index (χ0v) is 12.5. The van der Waals surface area contributed by atoms with Crippen molar-refractivity contribution in [3.05, 3.63) is 47.2 Å². The second-order valence-corrected chi connectivity index (χ2v) is 5.73. The van der Waals surface area contributed by atoms with Crippen molar-refractivity contribution in [1.82, 2.24) is 4.57 Å². The van der Waals surface area contributed by atoms with E-state index in [-0.39, 0.29) is 5.78 Å². The van der Waals surface area contributed by atoms with Gasteiger partial charge in [-0.15, -0.1) is 0 Å². The van der Waals surface area contributed by atoms with E-state index in [0.717, 1.165) is 24.8 Å². The molecule has 1 unspecified atom stereocenters. The highest BCUT2D eigenvalue weighted by Crippen LogP contribution is 2.31. The third-order valence-electron chi connectivity index (χ3n) is 4.24. The number of carbonyl (C=O) groups is 2. The summed E-state index contributed by atoms with van der Waals surface area (Å²) >= 11 is 0. The number of hydrogen-bond acceptors (Lipinski definition) is 3. The first-order valence-corrected chi connectivity index (χ1v) is 7.66. The van der Waals surface area contributed by atoms with Gasteiger partial charge in [0.15, 0.2) is 5.76 Å². The summed E-state index contributed by atoms with van der Waals surface area (Å²) in [5, 5.41) is 9.19. The van der Waals surface area contributed by atoms with Crippen molar-refractivity contribution in [1.29, 1.82) is 0 Å². The van der Waals surface area contributed by atoms with Gasteiger partial charge in [-0.05, 0) is 43.0 Å². The average molecular weight is 301 g/mol. The number of furan rings is 1. The first kappa shape index (κ1) is 14.6. The largest absolute Gasteiger partial charge is 0.481 e. The lowest BCUT2D eigenvalue weighted by atomic mass is 10.1. The van der Waals surface area contributed by atoms with Crippen molar-refractivity contribution in [3.63, 3.8) is 0 Å². The van der Waals surface area contributed by atoms with Gasteiger partial charge in [0.1, 0.15) is 0 Å². The normalized spacial score (nSPS) is 16.7. The van der Waals surface area contributed by atoms with Crippen LogP contribution in [0.25, 0.3) is 0 Å². The van der Waals surface area contributed by atoms with Gasteiger partial charge in [0, 0.05) is 12.2 Å². The van der Waals surface area contributed by atoms with E-state index in [2.05, 4.69) is 6.92 Å².